The molecule has 16 heteroatoms. The van der Waals surface area contributed by atoms with E-state index in [2.05, 4.69) is 14.7 Å². The van der Waals surface area contributed by atoms with Crippen molar-refractivity contribution in [1.29, 1.82) is 0 Å². The summed E-state index contributed by atoms with van der Waals surface area (Å²) >= 11 is 0. The molecule has 2 aliphatic rings. The summed E-state index contributed by atoms with van der Waals surface area (Å²) in [6, 6.07) is 6.94. The number of carbonyl (C=O) groups excluding carboxylic acids is 2. The van der Waals surface area contributed by atoms with E-state index in [0.717, 1.165) is 16.4 Å². The number of oxime groups is 1. The summed E-state index contributed by atoms with van der Waals surface area (Å²) in [6.45, 7) is 0.977. The molecule has 0 amide bonds. The number of fused-ring (bicyclic) bond motifs is 1. The lowest BCUT2D eigenvalue weighted by atomic mass is 10.1. The first-order valence-electron chi connectivity index (χ1n) is 12.4. The molecule has 2 aromatic carbocycles. The lowest BCUT2D eigenvalue weighted by Gasteiger charge is -2.36. The number of halogens is 6. The van der Waals surface area contributed by atoms with E-state index in [1.807, 2.05) is 0 Å². The van der Waals surface area contributed by atoms with Gasteiger partial charge in [0.05, 0.1) is 41.2 Å². The van der Waals surface area contributed by atoms with E-state index in [9.17, 15) is 44.3 Å². The number of sulfonamides is 1. The van der Waals surface area contributed by atoms with Gasteiger partial charge >= 0.3 is 24.3 Å². The van der Waals surface area contributed by atoms with Crippen LogP contribution in [0.1, 0.15) is 44.2 Å². The van der Waals surface area contributed by atoms with Gasteiger partial charge in [-0.05, 0) is 62.6 Å². The molecule has 0 radical (unpaired) electrons. The molecule has 0 saturated heterocycles. The summed E-state index contributed by atoms with van der Waals surface area (Å²) in [5.41, 5.74) is -3.65. The predicted octanol–water partition coefficient (Wildman–Crippen LogP) is 5.17. The zero-order chi connectivity index (χ0) is 31.1. The Hall–Kier alpha value is -3.82. The van der Waals surface area contributed by atoms with Crippen molar-refractivity contribution >= 4 is 33.4 Å². The minimum atomic E-state index is -4.85. The van der Waals surface area contributed by atoms with E-state index in [-0.39, 0.29) is 42.8 Å². The summed E-state index contributed by atoms with van der Waals surface area (Å²) in [4.78, 5) is 27.5. The van der Waals surface area contributed by atoms with Crippen molar-refractivity contribution in [3.05, 3.63) is 53.6 Å². The van der Waals surface area contributed by atoms with Crippen LogP contribution in [0, 0.1) is 0 Å². The number of nitrogens with zero attached hydrogens (tertiary/aromatic N) is 2. The van der Waals surface area contributed by atoms with E-state index in [0.29, 0.717) is 31.7 Å². The second kappa shape index (κ2) is 11.1. The van der Waals surface area contributed by atoms with Gasteiger partial charge in [0.1, 0.15) is 11.9 Å². The number of hydrogen-bond donors (Lipinski definition) is 0. The first kappa shape index (κ1) is 31.1. The Labute approximate surface area is 236 Å². The second-order valence-corrected chi connectivity index (χ2v) is 12.0. The predicted molar refractivity (Wildman–Crippen MR) is 134 cm³/mol. The van der Waals surface area contributed by atoms with Crippen molar-refractivity contribution in [3.8, 4) is 5.75 Å². The number of carbonyl (C=O) groups is 2. The van der Waals surface area contributed by atoms with Crippen LogP contribution in [0.2, 0.25) is 0 Å². The average Bonchev–Trinajstić information content (AvgIpc) is 3.30. The number of esters is 1. The molecule has 1 atom stereocenters. The highest BCUT2D eigenvalue weighted by Gasteiger charge is 2.50. The maximum atomic E-state index is 13.7. The topological polar surface area (TPSA) is 112 Å². The number of alkyl halides is 6. The zero-order valence-electron chi connectivity index (χ0n) is 22.1. The minimum Gasteiger partial charge on any atom is -0.486 e. The smallest absolute Gasteiger partial charge is 0.427 e. The average molecular weight is 623 g/mol. The van der Waals surface area contributed by atoms with Gasteiger partial charge in [-0.15, -0.1) is 0 Å². The Bertz CT molecular complexity index is 1520. The van der Waals surface area contributed by atoms with Crippen LogP contribution < -0.4 is 9.04 Å². The van der Waals surface area contributed by atoms with E-state index < -0.39 is 62.9 Å². The quantitative estimate of drug-likeness (QED) is 0.227. The molecule has 0 bridgehead atoms. The molecule has 4 rings (SSSR count). The first-order chi connectivity index (χ1) is 19.4. The fraction of sp³-hybridized carbons (Fsp3) is 0.423. The van der Waals surface area contributed by atoms with Crippen LogP contribution in [-0.2, 0) is 41.8 Å². The third-order valence-electron chi connectivity index (χ3n) is 6.48. The molecule has 0 unspecified atom stereocenters. The Morgan fingerprint density at radius 1 is 1.10 bits per heavy atom. The van der Waals surface area contributed by atoms with Crippen LogP contribution in [0.5, 0.6) is 5.75 Å². The van der Waals surface area contributed by atoms with E-state index in [1.165, 1.54) is 18.2 Å². The molecule has 9 nitrogen and oxygen atoms in total. The van der Waals surface area contributed by atoms with Crippen molar-refractivity contribution in [1.82, 2.24) is 0 Å². The van der Waals surface area contributed by atoms with Crippen molar-refractivity contribution in [2.24, 2.45) is 5.16 Å². The van der Waals surface area contributed by atoms with Gasteiger partial charge in [0.2, 0.25) is 5.60 Å². The van der Waals surface area contributed by atoms with E-state index in [4.69, 9.17) is 4.74 Å². The number of hydrogen-bond acceptors (Lipinski definition) is 8. The largest absolute Gasteiger partial charge is 0.486 e. The minimum absolute atomic E-state index is 0.00442. The number of benzene rings is 2. The van der Waals surface area contributed by atoms with Gasteiger partial charge in [-0.1, -0.05) is 17.3 Å². The molecule has 0 saturated carbocycles. The maximum Gasteiger partial charge on any atom is 0.427 e. The second-order valence-electron chi connectivity index (χ2n) is 10.1. The van der Waals surface area contributed by atoms with Crippen LogP contribution in [0.4, 0.5) is 32.0 Å². The molecule has 0 spiro atoms. The van der Waals surface area contributed by atoms with Crippen LogP contribution in [0.15, 0.2) is 52.5 Å². The molecule has 0 N–H and O–H groups in total. The van der Waals surface area contributed by atoms with Gasteiger partial charge in [0.15, 0.2) is 0 Å². The monoisotopic (exact) mass is 622 g/mol. The van der Waals surface area contributed by atoms with Gasteiger partial charge in [-0.3, -0.25) is 9.10 Å². The number of ether oxygens (including phenoxy) is 2. The molecule has 2 aromatic rings. The van der Waals surface area contributed by atoms with Gasteiger partial charge in [0.25, 0.3) is 10.0 Å². The van der Waals surface area contributed by atoms with Crippen LogP contribution >= 0.6 is 0 Å². The molecule has 0 aromatic heterocycles. The molecule has 0 aliphatic carbocycles. The maximum absolute atomic E-state index is 13.7. The van der Waals surface area contributed by atoms with Crippen molar-refractivity contribution in [2.45, 2.75) is 68.5 Å². The molecular formula is C26H24F6N2O7S. The molecule has 228 valence electrons. The summed E-state index contributed by atoms with van der Waals surface area (Å²) in [5, 5.41) is 3.63. The fourth-order valence-corrected chi connectivity index (χ4v) is 5.70. The summed E-state index contributed by atoms with van der Waals surface area (Å²) in [7, 11) is -4.65. The van der Waals surface area contributed by atoms with Gasteiger partial charge < -0.3 is 14.3 Å². The highest BCUT2D eigenvalue weighted by atomic mass is 32.2. The fourth-order valence-electron chi connectivity index (χ4n) is 4.16. The standard InChI is InChI=1S/C26H24F6N2O7S/c1-24(2,26(30,31)32)40-22(35)11-15-6-9-21-20(10-15)34(14-18(39-21)8-7-17-13-23(36)41-33-17)42(37,38)19-5-3-4-16(12-19)25(27,28)29/h3-6,9-10,12,18H,7-8,11,13-14H2,1-2H3/t18-/m0/s1. The van der Waals surface area contributed by atoms with Crippen LogP contribution in [-0.4, -0.2) is 50.5 Å². The summed E-state index contributed by atoms with van der Waals surface area (Å²) < 4.78 is 118. The lowest BCUT2D eigenvalue weighted by Crippen LogP contribution is -2.44. The number of anilines is 1. The molecule has 42 heavy (non-hydrogen) atoms. The van der Waals surface area contributed by atoms with Crippen molar-refractivity contribution in [2.75, 3.05) is 10.8 Å². The highest BCUT2D eigenvalue weighted by molar-refractivity contribution is 7.92. The normalized spacial score (nSPS) is 17.7. The number of rotatable bonds is 8. The highest BCUT2D eigenvalue weighted by Crippen LogP contribution is 2.40. The summed E-state index contributed by atoms with van der Waals surface area (Å²) in [6.07, 6.45) is -10.9. The van der Waals surface area contributed by atoms with Gasteiger partial charge in [-0.2, -0.15) is 26.3 Å². The Morgan fingerprint density at radius 3 is 2.43 bits per heavy atom. The zero-order valence-corrected chi connectivity index (χ0v) is 22.9. The van der Waals surface area contributed by atoms with Crippen molar-refractivity contribution < 1.29 is 58.7 Å². The van der Waals surface area contributed by atoms with Gasteiger partial charge in [0, 0.05) is 0 Å². The molecule has 2 aliphatic heterocycles. The Morgan fingerprint density at radius 2 is 1.81 bits per heavy atom. The third kappa shape index (κ3) is 6.79. The SMILES string of the molecule is CC(C)(OC(=O)Cc1ccc2c(c1)N(S(=O)(=O)c1cccc(C(F)(F)F)c1)C[C@H](CCC1=NOC(=O)C1)O2)C(F)(F)F. The van der Waals surface area contributed by atoms with Crippen molar-refractivity contribution in [3.63, 3.8) is 0 Å². The lowest BCUT2D eigenvalue weighted by molar-refractivity contribution is -0.257. The van der Waals surface area contributed by atoms with E-state index in [1.54, 1.807) is 0 Å². The third-order valence-corrected chi connectivity index (χ3v) is 8.26. The molecule has 0 fully saturated rings. The van der Waals surface area contributed by atoms with Crippen LogP contribution in [0.25, 0.3) is 0 Å². The van der Waals surface area contributed by atoms with E-state index >= 15 is 0 Å². The Balaban J connectivity index is 1.66. The molecule has 2 heterocycles. The first-order valence-corrected chi connectivity index (χ1v) is 13.8. The Kier molecular flexibility index (Phi) is 8.23. The summed E-state index contributed by atoms with van der Waals surface area (Å²) in [5.74, 6) is -1.80. The van der Waals surface area contributed by atoms with Gasteiger partial charge in [-0.25, -0.2) is 13.2 Å². The molecular weight excluding hydrogens is 598 g/mol. The van der Waals surface area contributed by atoms with Crippen LogP contribution in [0.3, 0.4) is 0 Å².